The number of rotatable bonds is 5. The standard InChI is InChI=1S/C13H22N4O/c1-4-13(5-2,18-3)12-15-10-8-6-7-9(10)11(16-12)17-14/h4-8,14H2,1-3H3,(H,15,16,17). The molecule has 5 nitrogen and oxygen atoms in total. The van der Waals surface area contributed by atoms with Crippen LogP contribution in [0.2, 0.25) is 0 Å². The Balaban J connectivity index is 2.51. The minimum absolute atomic E-state index is 0.400. The van der Waals surface area contributed by atoms with Gasteiger partial charge in [-0.05, 0) is 32.1 Å². The van der Waals surface area contributed by atoms with Crippen LogP contribution in [0.15, 0.2) is 0 Å². The summed E-state index contributed by atoms with van der Waals surface area (Å²) in [7, 11) is 1.72. The van der Waals surface area contributed by atoms with Gasteiger partial charge < -0.3 is 10.2 Å². The molecule has 1 aliphatic carbocycles. The average Bonchev–Trinajstić information content (AvgIpc) is 2.89. The Morgan fingerprint density at radius 1 is 1.28 bits per heavy atom. The Bertz CT molecular complexity index is 421. The number of nitrogen functional groups attached to an aromatic ring is 1. The fourth-order valence-electron chi connectivity index (χ4n) is 2.70. The highest BCUT2D eigenvalue weighted by atomic mass is 16.5. The fraction of sp³-hybridized carbons (Fsp3) is 0.692. The highest BCUT2D eigenvalue weighted by molar-refractivity contribution is 5.48. The zero-order chi connectivity index (χ0) is 13.2. The molecule has 1 heterocycles. The first kappa shape index (κ1) is 13.2. The molecule has 100 valence electrons. The van der Waals surface area contributed by atoms with Crippen molar-refractivity contribution in [2.45, 2.75) is 51.6 Å². The molecule has 1 aromatic heterocycles. The summed E-state index contributed by atoms with van der Waals surface area (Å²) in [5, 5.41) is 0. The van der Waals surface area contributed by atoms with Crippen LogP contribution in [0.1, 0.15) is 50.2 Å². The van der Waals surface area contributed by atoms with E-state index < -0.39 is 5.60 Å². The zero-order valence-electron chi connectivity index (χ0n) is 11.4. The molecule has 0 atom stereocenters. The molecule has 0 radical (unpaired) electrons. The molecule has 18 heavy (non-hydrogen) atoms. The van der Waals surface area contributed by atoms with Crippen molar-refractivity contribution < 1.29 is 4.74 Å². The predicted octanol–water partition coefficient (Wildman–Crippen LogP) is 1.91. The van der Waals surface area contributed by atoms with Gasteiger partial charge in [-0.3, -0.25) is 0 Å². The lowest BCUT2D eigenvalue weighted by molar-refractivity contribution is -0.0291. The first-order valence-electron chi connectivity index (χ1n) is 6.62. The van der Waals surface area contributed by atoms with Crippen LogP contribution in [0.5, 0.6) is 0 Å². The van der Waals surface area contributed by atoms with Crippen LogP contribution < -0.4 is 11.3 Å². The summed E-state index contributed by atoms with van der Waals surface area (Å²) in [6, 6.07) is 0. The fourth-order valence-corrected chi connectivity index (χ4v) is 2.70. The van der Waals surface area contributed by atoms with Gasteiger partial charge in [0.2, 0.25) is 0 Å². The number of aryl methyl sites for hydroxylation is 1. The van der Waals surface area contributed by atoms with Gasteiger partial charge in [-0.1, -0.05) is 13.8 Å². The van der Waals surface area contributed by atoms with E-state index in [4.69, 9.17) is 15.6 Å². The predicted molar refractivity (Wildman–Crippen MR) is 71.1 cm³/mol. The molecule has 5 heteroatoms. The second-order valence-corrected chi connectivity index (χ2v) is 4.72. The molecule has 0 unspecified atom stereocenters. The molecule has 2 rings (SSSR count). The van der Waals surface area contributed by atoms with Crippen molar-refractivity contribution in [3.8, 4) is 0 Å². The van der Waals surface area contributed by atoms with Crippen molar-refractivity contribution in [2.75, 3.05) is 12.5 Å². The second-order valence-electron chi connectivity index (χ2n) is 4.72. The maximum atomic E-state index is 5.69. The van der Waals surface area contributed by atoms with E-state index >= 15 is 0 Å². The summed E-state index contributed by atoms with van der Waals surface area (Å²) in [5.41, 5.74) is 4.59. The minimum Gasteiger partial charge on any atom is -0.370 e. The number of methoxy groups -OCH3 is 1. The van der Waals surface area contributed by atoms with Crippen LogP contribution in [-0.4, -0.2) is 17.1 Å². The Labute approximate surface area is 108 Å². The summed E-state index contributed by atoms with van der Waals surface area (Å²) >= 11 is 0. The van der Waals surface area contributed by atoms with Gasteiger partial charge in [-0.15, -0.1) is 0 Å². The molecule has 1 aliphatic rings. The summed E-state index contributed by atoms with van der Waals surface area (Å²) in [4.78, 5) is 9.29. The zero-order valence-corrected chi connectivity index (χ0v) is 11.4. The summed E-state index contributed by atoms with van der Waals surface area (Å²) in [6.45, 7) is 4.19. The third-order valence-electron chi connectivity index (χ3n) is 4.01. The molecule has 3 N–H and O–H groups in total. The number of aromatic nitrogens is 2. The van der Waals surface area contributed by atoms with E-state index in [1.54, 1.807) is 7.11 Å². The van der Waals surface area contributed by atoms with Gasteiger partial charge in [0.05, 0.1) is 0 Å². The summed E-state index contributed by atoms with van der Waals surface area (Å²) in [6.07, 6.45) is 4.84. The van der Waals surface area contributed by atoms with Crippen molar-refractivity contribution in [3.63, 3.8) is 0 Å². The van der Waals surface area contributed by atoms with E-state index in [-0.39, 0.29) is 0 Å². The molecule has 0 fully saturated rings. The minimum atomic E-state index is -0.400. The topological polar surface area (TPSA) is 73.1 Å². The summed E-state index contributed by atoms with van der Waals surface area (Å²) in [5.74, 6) is 7.09. The SMILES string of the molecule is CCC(CC)(OC)c1nc2c(c(NN)n1)CCC2. The van der Waals surface area contributed by atoms with Crippen LogP contribution >= 0.6 is 0 Å². The van der Waals surface area contributed by atoms with Crippen molar-refractivity contribution in [2.24, 2.45) is 5.84 Å². The lowest BCUT2D eigenvalue weighted by atomic mass is 9.95. The van der Waals surface area contributed by atoms with Crippen LogP contribution in [0, 0.1) is 0 Å². The van der Waals surface area contributed by atoms with Crippen LogP contribution in [-0.2, 0) is 23.2 Å². The van der Waals surface area contributed by atoms with Gasteiger partial charge in [0, 0.05) is 18.4 Å². The van der Waals surface area contributed by atoms with Crippen molar-refractivity contribution in [1.82, 2.24) is 9.97 Å². The maximum Gasteiger partial charge on any atom is 0.162 e. The average molecular weight is 250 g/mol. The Hall–Kier alpha value is -1.20. The molecular formula is C13H22N4O. The van der Waals surface area contributed by atoms with Crippen molar-refractivity contribution in [1.29, 1.82) is 0 Å². The Morgan fingerprint density at radius 2 is 2.00 bits per heavy atom. The molecule has 1 aromatic rings. The first-order chi connectivity index (χ1) is 8.70. The van der Waals surface area contributed by atoms with E-state index in [1.165, 1.54) is 5.56 Å². The third kappa shape index (κ3) is 1.97. The van der Waals surface area contributed by atoms with E-state index in [9.17, 15) is 0 Å². The lowest BCUT2D eigenvalue weighted by Gasteiger charge is -2.29. The van der Waals surface area contributed by atoms with E-state index in [2.05, 4.69) is 24.3 Å². The van der Waals surface area contributed by atoms with Gasteiger partial charge in [0.25, 0.3) is 0 Å². The number of anilines is 1. The summed E-state index contributed by atoms with van der Waals surface area (Å²) < 4.78 is 5.69. The van der Waals surface area contributed by atoms with Gasteiger partial charge >= 0.3 is 0 Å². The van der Waals surface area contributed by atoms with E-state index in [1.807, 2.05) is 0 Å². The number of hydrogen-bond donors (Lipinski definition) is 2. The van der Waals surface area contributed by atoms with Crippen molar-refractivity contribution >= 4 is 5.82 Å². The first-order valence-corrected chi connectivity index (χ1v) is 6.62. The van der Waals surface area contributed by atoms with Gasteiger partial charge in [-0.2, -0.15) is 0 Å². The lowest BCUT2D eigenvalue weighted by Crippen LogP contribution is -2.30. The Morgan fingerprint density at radius 3 is 2.56 bits per heavy atom. The Kier molecular flexibility index (Phi) is 3.82. The highest BCUT2D eigenvalue weighted by Crippen LogP contribution is 2.34. The van der Waals surface area contributed by atoms with Crippen LogP contribution in [0.25, 0.3) is 0 Å². The number of nitrogens with two attached hydrogens (primary N) is 1. The second kappa shape index (κ2) is 5.20. The molecule has 0 saturated carbocycles. The third-order valence-corrected chi connectivity index (χ3v) is 4.01. The molecule has 0 aliphatic heterocycles. The monoisotopic (exact) mass is 250 g/mol. The molecule has 0 bridgehead atoms. The van der Waals surface area contributed by atoms with Gasteiger partial charge in [0.15, 0.2) is 5.82 Å². The van der Waals surface area contributed by atoms with E-state index in [0.717, 1.165) is 49.4 Å². The number of fused-ring (bicyclic) bond motifs is 1. The molecule has 0 saturated heterocycles. The maximum absolute atomic E-state index is 5.69. The normalized spacial score (nSPS) is 14.7. The number of nitrogens with zero attached hydrogens (tertiary/aromatic N) is 2. The smallest absolute Gasteiger partial charge is 0.162 e. The number of hydrazine groups is 1. The molecule has 0 spiro atoms. The van der Waals surface area contributed by atoms with Crippen molar-refractivity contribution in [3.05, 3.63) is 17.1 Å². The largest absolute Gasteiger partial charge is 0.370 e. The molecular weight excluding hydrogens is 228 g/mol. The van der Waals surface area contributed by atoms with E-state index in [0.29, 0.717) is 0 Å². The molecule has 0 amide bonds. The van der Waals surface area contributed by atoms with Gasteiger partial charge in [-0.25, -0.2) is 15.8 Å². The van der Waals surface area contributed by atoms with Crippen LogP contribution in [0.3, 0.4) is 0 Å². The van der Waals surface area contributed by atoms with Gasteiger partial charge in [0.1, 0.15) is 11.4 Å². The van der Waals surface area contributed by atoms with Crippen LogP contribution in [0.4, 0.5) is 5.82 Å². The number of ether oxygens (including phenoxy) is 1. The quantitative estimate of drug-likeness (QED) is 0.617. The number of hydrogen-bond acceptors (Lipinski definition) is 5. The molecule has 0 aromatic carbocycles. The number of nitrogens with one attached hydrogen (secondary N) is 1. The highest BCUT2D eigenvalue weighted by Gasteiger charge is 2.33.